The van der Waals surface area contributed by atoms with Gasteiger partial charge in [0.15, 0.2) is 0 Å². The SMILES string of the molecule is c1csc2cc(-c3ccc(N(c4ccc(-c5ccc(-c6cccc7ccccc67)cc5)cc4)c4ccc(-c5nc6ccccc6s5)cc4)cc3)cc-2c1. The van der Waals surface area contributed by atoms with Crippen molar-refractivity contribution in [3.63, 3.8) is 0 Å². The Kier molecular flexibility index (Phi) is 7.90. The van der Waals surface area contributed by atoms with Gasteiger partial charge >= 0.3 is 0 Å². The summed E-state index contributed by atoms with van der Waals surface area (Å²) in [6.45, 7) is 0. The van der Waals surface area contributed by atoms with Crippen LogP contribution in [0.3, 0.4) is 0 Å². The standard InChI is InChI=1S/C49H32N2S2/c1-2-10-44-36(7-1)8-5-11-45(44)37-16-14-33(15-17-37)34-18-24-41(25-19-34)51(42-26-20-35(21-27-42)40-31-39-9-6-30-52-48(39)32-40)43-28-22-38(23-29-43)49-50-46-12-3-4-13-47(46)53-49/h1-32H. The Labute approximate surface area is 316 Å². The average Bonchev–Trinajstić information content (AvgIpc) is 3.87. The molecule has 0 N–H and O–H groups in total. The quantitative estimate of drug-likeness (QED) is 0.164. The van der Waals surface area contributed by atoms with E-state index in [9.17, 15) is 0 Å². The van der Waals surface area contributed by atoms with Crippen molar-refractivity contribution >= 4 is 60.7 Å². The largest absolute Gasteiger partial charge is 0.311 e. The van der Waals surface area contributed by atoms with Crippen LogP contribution in [0.5, 0.6) is 0 Å². The van der Waals surface area contributed by atoms with Gasteiger partial charge in [-0.3, -0.25) is 0 Å². The van der Waals surface area contributed by atoms with E-state index in [0.29, 0.717) is 0 Å². The Hall–Kier alpha value is -6.33. The minimum absolute atomic E-state index is 1.03. The molecular weight excluding hydrogens is 681 g/mol. The first-order valence-electron chi connectivity index (χ1n) is 17.8. The van der Waals surface area contributed by atoms with Crippen LogP contribution in [0.15, 0.2) is 193 Å². The molecule has 1 aliphatic carbocycles. The Morgan fingerprint density at radius 1 is 0.415 bits per heavy atom. The fourth-order valence-corrected chi connectivity index (χ4v) is 9.01. The Morgan fingerprint density at radius 2 is 1.00 bits per heavy atom. The van der Waals surface area contributed by atoms with Crippen molar-refractivity contribution in [1.82, 2.24) is 4.98 Å². The average molecular weight is 713 g/mol. The van der Waals surface area contributed by atoms with Gasteiger partial charge in [0.25, 0.3) is 0 Å². The van der Waals surface area contributed by atoms with E-state index in [-0.39, 0.29) is 0 Å². The highest BCUT2D eigenvalue weighted by atomic mass is 32.1. The fraction of sp³-hybridized carbons (Fsp3) is 0. The molecule has 0 spiro atoms. The van der Waals surface area contributed by atoms with Crippen LogP contribution in [0.2, 0.25) is 0 Å². The molecular formula is C49H32N2S2. The third kappa shape index (κ3) is 5.98. The van der Waals surface area contributed by atoms with E-state index in [4.69, 9.17) is 4.98 Å². The van der Waals surface area contributed by atoms with Crippen molar-refractivity contribution in [3.05, 3.63) is 193 Å². The Bertz CT molecular complexity index is 2700. The highest BCUT2D eigenvalue weighted by molar-refractivity contribution is 7.21. The van der Waals surface area contributed by atoms with Crippen molar-refractivity contribution in [1.29, 1.82) is 0 Å². The number of benzene rings is 7. The second kappa shape index (κ2) is 13.3. The molecule has 2 aliphatic rings. The zero-order valence-corrected chi connectivity index (χ0v) is 30.3. The number of thiazole rings is 1. The van der Waals surface area contributed by atoms with Crippen molar-refractivity contribution in [2.75, 3.05) is 4.90 Å². The summed E-state index contributed by atoms with van der Waals surface area (Å²) in [5.74, 6) is 0. The smallest absolute Gasteiger partial charge is 0.124 e. The van der Waals surface area contributed by atoms with Gasteiger partial charge in [-0.05, 0) is 128 Å². The second-order valence-electron chi connectivity index (χ2n) is 13.2. The summed E-state index contributed by atoms with van der Waals surface area (Å²) >= 11 is 3.52. The molecule has 2 heterocycles. The molecule has 0 radical (unpaired) electrons. The number of nitrogens with zero attached hydrogens (tertiary/aromatic N) is 2. The number of hydrogen-bond acceptors (Lipinski definition) is 4. The van der Waals surface area contributed by atoms with Gasteiger partial charge in [0.1, 0.15) is 5.01 Å². The van der Waals surface area contributed by atoms with Crippen LogP contribution >= 0.6 is 22.7 Å². The number of para-hydroxylation sites is 1. The summed E-state index contributed by atoms with van der Waals surface area (Å²) in [7, 11) is 0. The molecule has 0 bridgehead atoms. The third-order valence-corrected chi connectivity index (χ3v) is 12.0. The lowest BCUT2D eigenvalue weighted by atomic mass is 9.96. The molecule has 1 aliphatic heterocycles. The van der Waals surface area contributed by atoms with E-state index >= 15 is 0 Å². The maximum absolute atomic E-state index is 4.91. The zero-order valence-electron chi connectivity index (χ0n) is 28.7. The maximum atomic E-state index is 4.91. The molecule has 1 aromatic heterocycles. The molecule has 7 aromatic carbocycles. The number of anilines is 3. The molecule has 0 amide bonds. The van der Waals surface area contributed by atoms with E-state index in [1.807, 2.05) is 6.07 Å². The summed E-state index contributed by atoms with van der Waals surface area (Å²) in [6.07, 6.45) is 0. The molecule has 10 rings (SSSR count). The third-order valence-electron chi connectivity index (χ3n) is 10.0. The zero-order chi connectivity index (χ0) is 35.1. The van der Waals surface area contributed by atoms with Gasteiger partial charge < -0.3 is 4.90 Å². The minimum atomic E-state index is 1.03. The van der Waals surface area contributed by atoms with Crippen LogP contribution < -0.4 is 4.90 Å². The first-order chi connectivity index (χ1) is 26.2. The van der Waals surface area contributed by atoms with Crippen molar-refractivity contribution in [2.24, 2.45) is 0 Å². The molecule has 0 unspecified atom stereocenters. The molecule has 8 aromatic rings. The van der Waals surface area contributed by atoms with E-state index in [1.165, 1.54) is 59.3 Å². The molecule has 0 saturated carbocycles. The van der Waals surface area contributed by atoms with Gasteiger partial charge in [-0.2, -0.15) is 0 Å². The molecule has 4 heteroatoms. The van der Waals surface area contributed by atoms with Gasteiger partial charge in [-0.25, -0.2) is 4.98 Å². The van der Waals surface area contributed by atoms with Crippen LogP contribution in [-0.4, -0.2) is 4.98 Å². The number of hydrogen-bond donors (Lipinski definition) is 0. The van der Waals surface area contributed by atoms with Crippen molar-refractivity contribution in [3.8, 4) is 54.4 Å². The summed E-state index contributed by atoms with van der Waals surface area (Å²) in [5.41, 5.74) is 14.1. The van der Waals surface area contributed by atoms with E-state index in [0.717, 1.165) is 33.1 Å². The molecule has 250 valence electrons. The van der Waals surface area contributed by atoms with Crippen LogP contribution in [0.1, 0.15) is 0 Å². The minimum Gasteiger partial charge on any atom is -0.311 e. The predicted molar refractivity (Wildman–Crippen MR) is 228 cm³/mol. The van der Waals surface area contributed by atoms with Crippen LogP contribution in [-0.2, 0) is 0 Å². The Balaban J connectivity index is 0.985. The van der Waals surface area contributed by atoms with Crippen molar-refractivity contribution in [2.45, 2.75) is 0 Å². The fourth-order valence-electron chi connectivity index (χ4n) is 7.28. The van der Waals surface area contributed by atoms with Gasteiger partial charge in [0.05, 0.1) is 10.2 Å². The van der Waals surface area contributed by atoms with Crippen molar-refractivity contribution < 1.29 is 0 Å². The highest BCUT2D eigenvalue weighted by Crippen LogP contribution is 2.40. The van der Waals surface area contributed by atoms with E-state index in [1.54, 1.807) is 22.7 Å². The lowest BCUT2D eigenvalue weighted by Crippen LogP contribution is -2.09. The van der Waals surface area contributed by atoms with Crippen LogP contribution in [0.25, 0.3) is 75.4 Å². The molecule has 0 fully saturated rings. The van der Waals surface area contributed by atoms with E-state index < -0.39 is 0 Å². The van der Waals surface area contributed by atoms with Gasteiger partial charge in [-0.15, -0.1) is 22.7 Å². The predicted octanol–water partition coefficient (Wildman–Crippen LogP) is 14.8. The summed E-state index contributed by atoms with van der Waals surface area (Å²) in [6, 6.07) is 67.9. The summed E-state index contributed by atoms with van der Waals surface area (Å²) < 4.78 is 1.20. The molecule has 0 saturated heterocycles. The monoisotopic (exact) mass is 712 g/mol. The van der Waals surface area contributed by atoms with Gasteiger partial charge in [0.2, 0.25) is 0 Å². The number of aromatic nitrogens is 1. The highest BCUT2D eigenvalue weighted by Gasteiger charge is 2.16. The topological polar surface area (TPSA) is 16.1 Å². The Morgan fingerprint density at radius 3 is 1.70 bits per heavy atom. The molecule has 53 heavy (non-hydrogen) atoms. The van der Waals surface area contributed by atoms with Crippen LogP contribution in [0.4, 0.5) is 17.1 Å². The van der Waals surface area contributed by atoms with Gasteiger partial charge in [-0.1, -0.05) is 115 Å². The number of rotatable bonds is 7. The lowest BCUT2D eigenvalue weighted by molar-refractivity contribution is 1.28. The molecule has 0 atom stereocenters. The second-order valence-corrected chi connectivity index (χ2v) is 15.2. The van der Waals surface area contributed by atoms with Crippen LogP contribution in [0, 0.1) is 0 Å². The van der Waals surface area contributed by atoms with Gasteiger partial charge in [0, 0.05) is 27.5 Å². The maximum Gasteiger partial charge on any atom is 0.124 e. The summed E-state index contributed by atoms with van der Waals surface area (Å²) in [5, 5.41) is 5.71. The lowest BCUT2D eigenvalue weighted by Gasteiger charge is -2.26. The first-order valence-corrected chi connectivity index (χ1v) is 19.5. The van der Waals surface area contributed by atoms with E-state index in [2.05, 4.69) is 192 Å². The number of fused-ring (bicyclic) bond motifs is 3. The first kappa shape index (κ1) is 31.4. The summed E-state index contributed by atoms with van der Waals surface area (Å²) in [4.78, 5) is 8.55. The molecule has 2 nitrogen and oxygen atoms in total. The normalized spacial score (nSPS) is 11.4.